The first-order valence-corrected chi connectivity index (χ1v) is 10.8. The van der Waals surface area contributed by atoms with Crippen molar-refractivity contribution >= 4 is 11.8 Å². The number of nitrogens with one attached hydrogen (secondary N) is 1. The smallest absolute Gasteiger partial charge is 0.273 e. The van der Waals surface area contributed by atoms with E-state index in [-0.39, 0.29) is 24.9 Å². The van der Waals surface area contributed by atoms with Gasteiger partial charge in [-0.3, -0.25) is 14.3 Å². The number of furan rings is 1. The van der Waals surface area contributed by atoms with Crippen molar-refractivity contribution in [3.05, 3.63) is 102 Å². The van der Waals surface area contributed by atoms with Crippen molar-refractivity contribution in [1.82, 2.24) is 20.0 Å². The molecular weight excluding hydrogens is 416 g/mol. The summed E-state index contributed by atoms with van der Waals surface area (Å²) in [6.45, 7) is 2.58. The Morgan fingerprint density at radius 2 is 1.79 bits per heavy atom. The molecule has 2 amide bonds. The van der Waals surface area contributed by atoms with Crippen molar-refractivity contribution in [3.63, 3.8) is 0 Å². The van der Waals surface area contributed by atoms with Crippen LogP contribution in [0.2, 0.25) is 0 Å². The van der Waals surface area contributed by atoms with Gasteiger partial charge in [0.1, 0.15) is 17.0 Å². The molecule has 0 fully saturated rings. The molecular formula is C26H24N4O3. The van der Waals surface area contributed by atoms with E-state index >= 15 is 0 Å². The lowest BCUT2D eigenvalue weighted by Gasteiger charge is -2.42. The number of fused-ring (bicyclic) bond motifs is 1. The van der Waals surface area contributed by atoms with E-state index in [0.717, 1.165) is 11.1 Å². The molecule has 4 aromatic rings. The molecule has 33 heavy (non-hydrogen) atoms. The second-order valence-electron chi connectivity index (χ2n) is 8.35. The van der Waals surface area contributed by atoms with E-state index in [0.29, 0.717) is 23.7 Å². The van der Waals surface area contributed by atoms with Gasteiger partial charge in [-0.1, -0.05) is 60.7 Å². The summed E-state index contributed by atoms with van der Waals surface area (Å²) in [5, 5.41) is 7.67. The fourth-order valence-electron chi connectivity index (χ4n) is 4.17. The summed E-state index contributed by atoms with van der Waals surface area (Å²) in [5.41, 5.74) is 1.91. The van der Waals surface area contributed by atoms with Crippen molar-refractivity contribution < 1.29 is 14.0 Å². The number of nitrogens with zero attached hydrogens (tertiary/aromatic N) is 3. The maximum absolute atomic E-state index is 13.6. The van der Waals surface area contributed by atoms with Crippen LogP contribution in [0.1, 0.15) is 28.7 Å². The monoisotopic (exact) mass is 440 g/mol. The number of carbonyl (C=O) groups is 2. The Morgan fingerprint density at radius 1 is 1.06 bits per heavy atom. The molecule has 1 aliphatic rings. The summed E-state index contributed by atoms with van der Waals surface area (Å²) >= 11 is 0. The SMILES string of the molecule is C[C@@]1(C(=O)NCc2ccccc2)Cn2nc(-c3ccccc3)cc2C(=O)N1Cc1ccco1. The van der Waals surface area contributed by atoms with E-state index in [1.807, 2.05) is 60.7 Å². The summed E-state index contributed by atoms with van der Waals surface area (Å²) in [7, 11) is 0. The lowest BCUT2D eigenvalue weighted by Crippen LogP contribution is -2.63. The minimum atomic E-state index is -1.15. The molecule has 0 saturated carbocycles. The van der Waals surface area contributed by atoms with Gasteiger partial charge in [-0.05, 0) is 30.7 Å². The van der Waals surface area contributed by atoms with Crippen molar-refractivity contribution in [3.8, 4) is 11.3 Å². The average molecular weight is 441 g/mol. The van der Waals surface area contributed by atoms with E-state index in [1.54, 1.807) is 41.0 Å². The molecule has 5 rings (SSSR count). The molecule has 0 unspecified atom stereocenters. The van der Waals surface area contributed by atoms with E-state index in [9.17, 15) is 9.59 Å². The molecule has 0 spiro atoms. The zero-order chi connectivity index (χ0) is 22.8. The highest BCUT2D eigenvalue weighted by atomic mass is 16.3. The van der Waals surface area contributed by atoms with Crippen LogP contribution in [0.3, 0.4) is 0 Å². The molecule has 1 aliphatic heterocycles. The normalized spacial score (nSPS) is 17.6. The molecule has 7 nitrogen and oxygen atoms in total. The summed E-state index contributed by atoms with van der Waals surface area (Å²) in [5.74, 6) is 0.111. The number of hydrogen-bond donors (Lipinski definition) is 1. The van der Waals surface area contributed by atoms with Crippen molar-refractivity contribution in [1.29, 1.82) is 0 Å². The van der Waals surface area contributed by atoms with Crippen molar-refractivity contribution in [2.24, 2.45) is 0 Å². The number of hydrogen-bond acceptors (Lipinski definition) is 4. The molecule has 2 aromatic heterocycles. The van der Waals surface area contributed by atoms with Gasteiger partial charge in [0, 0.05) is 12.1 Å². The Kier molecular flexibility index (Phi) is 5.30. The van der Waals surface area contributed by atoms with Gasteiger partial charge in [0.15, 0.2) is 0 Å². The fraction of sp³-hybridized carbons (Fsp3) is 0.192. The largest absolute Gasteiger partial charge is 0.467 e. The maximum Gasteiger partial charge on any atom is 0.273 e. The third-order valence-electron chi connectivity index (χ3n) is 6.05. The lowest BCUT2D eigenvalue weighted by molar-refractivity contribution is -0.133. The van der Waals surface area contributed by atoms with Crippen LogP contribution in [-0.2, 0) is 24.4 Å². The van der Waals surface area contributed by atoms with Crippen LogP contribution in [0.25, 0.3) is 11.3 Å². The molecule has 0 bridgehead atoms. The van der Waals surface area contributed by atoms with Gasteiger partial charge in [-0.25, -0.2) is 0 Å². The Bertz CT molecular complexity index is 1270. The van der Waals surface area contributed by atoms with Gasteiger partial charge in [0.05, 0.1) is 25.0 Å². The van der Waals surface area contributed by atoms with Crippen LogP contribution >= 0.6 is 0 Å². The van der Waals surface area contributed by atoms with Gasteiger partial charge in [0.25, 0.3) is 5.91 Å². The Balaban J connectivity index is 1.49. The Morgan fingerprint density at radius 3 is 2.48 bits per heavy atom. The highest BCUT2D eigenvalue weighted by molar-refractivity contribution is 6.00. The standard InChI is InChI=1S/C26H24N4O3/c1-26(25(32)27-16-19-9-4-2-5-10-19)18-30-23(15-22(28-30)20-11-6-3-7-12-20)24(31)29(26)17-21-13-8-14-33-21/h2-15H,16-18H2,1H3,(H,27,32)/t26-/m0/s1. The zero-order valence-electron chi connectivity index (χ0n) is 18.3. The Hall–Kier alpha value is -4.13. The predicted molar refractivity (Wildman–Crippen MR) is 123 cm³/mol. The third-order valence-corrected chi connectivity index (χ3v) is 6.05. The van der Waals surface area contributed by atoms with E-state index < -0.39 is 5.54 Å². The van der Waals surface area contributed by atoms with Crippen molar-refractivity contribution in [2.75, 3.05) is 0 Å². The highest BCUT2D eigenvalue weighted by Gasteiger charge is 2.48. The van der Waals surface area contributed by atoms with Crippen LogP contribution in [0.5, 0.6) is 0 Å². The number of aromatic nitrogens is 2. The van der Waals surface area contributed by atoms with Gasteiger partial charge < -0.3 is 14.6 Å². The second kappa shape index (κ2) is 8.43. The second-order valence-corrected chi connectivity index (χ2v) is 8.35. The average Bonchev–Trinajstić information content (AvgIpc) is 3.51. The van der Waals surface area contributed by atoms with Crippen molar-refractivity contribution in [2.45, 2.75) is 32.1 Å². The molecule has 0 radical (unpaired) electrons. The molecule has 2 aromatic carbocycles. The fourth-order valence-corrected chi connectivity index (χ4v) is 4.17. The highest BCUT2D eigenvalue weighted by Crippen LogP contribution is 2.31. The van der Waals surface area contributed by atoms with E-state index in [4.69, 9.17) is 4.42 Å². The quantitative estimate of drug-likeness (QED) is 0.494. The lowest BCUT2D eigenvalue weighted by atomic mass is 9.94. The number of amides is 2. The molecule has 0 aliphatic carbocycles. The van der Waals surface area contributed by atoms with Gasteiger partial charge >= 0.3 is 0 Å². The maximum atomic E-state index is 13.6. The first-order valence-electron chi connectivity index (χ1n) is 10.8. The van der Waals surface area contributed by atoms with Crippen LogP contribution in [0.15, 0.2) is 89.5 Å². The van der Waals surface area contributed by atoms with Crippen LogP contribution < -0.4 is 5.32 Å². The summed E-state index contributed by atoms with van der Waals surface area (Å²) in [6, 6.07) is 24.7. The van der Waals surface area contributed by atoms with Crippen LogP contribution in [0, 0.1) is 0 Å². The van der Waals surface area contributed by atoms with E-state index in [1.165, 1.54) is 0 Å². The third kappa shape index (κ3) is 3.93. The van der Waals surface area contributed by atoms with Crippen LogP contribution in [-0.4, -0.2) is 32.0 Å². The summed E-state index contributed by atoms with van der Waals surface area (Å²) in [4.78, 5) is 28.7. The molecule has 1 atom stereocenters. The van der Waals surface area contributed by atoms with Gasteiger partial charge in [0.2, 0.25) is 5.91 Å². The summed E-state index contributed by atoms with van der Waals surface area (Å²) < 4.78 is 7.15. The zero-order valence-corrected chi connectivity index (χ0v) is 18.3. The minimum absolute atomic E-state index is 0.187. The minimum Gasteiger partial charge on any atom is -0.467 e. The van der Waals surface area contributed by atoms with Crippen LogP contribution in [0.4, 0.5) is 0 Å². The molecule has 166 valence electrons. The topological polar surface area (TPSA) is 80.4 Å². The Labute approximate surface area is 191 Å². The van der Waals surface area contributed by atoms with Gasteiger partial charge in [-0.2, -0.15) is 5.10 Å². The number of carbonyl (C=O) groups excluding carboxylic acids is 2. The first-order chi connectivity index (χ1) is 16.0. The number of rotatable bonds is 6. The van der Waals surface area contributed by atoms with Gasteiger partial charge in [-0.15, -0.1) is 0 Å². The number of benzene rings is 2. The van der Waals surface area contributed by atoms with E-state index in [2.05, 4.69) is 10.4 Å². The molecule has 0 saturated heterocycles. The first kappa shape index (κ1) is 20.8. The molecule has 1 N–H and O–H groups in total. The summed E-state index contributed by atoms with van der Waals surface area (Å²) in [6.07, 6.45) is 1.56. The predicted octanol–water partition coefficient (Wildman–Crippen LogP) is 3.87. The molecule has 7 heteroatoms. The molecule has 3 heterocycles.